The second-order valence-electron chi connectivity index (χ2n) is 5.39. The van der Waals surface area contributed by atoms with Crippen LogP contribution in [0.25, 0.3) is 10.9 Å². The van der Waals surface area contributed by atoms with Gasteiger partial charge in [0.25, 0.3) is 0 Å². The number of hydrogen-bond acceptors (Lipinski definition) is 4. The number of fused-ring (bicyclic) bond motifs is 3. The molecular weight excluding hydrogens is 262 g/mol. The number of anilines is 1. The summed E-state index contributed by atoms with van der Waals surface area (Å²) in [5.74, 6) is 0.946. The molecule has 0 saturated carbocycles. The number of pyridine rings is 1. The van der Waals surface area contributed by atoms with E-state index in [0.29, 0.717) is 6.61 Å². The fourth-order valence-corrected chi connectivity index (χ4v) is 2.91. The first-order valence-electron chi connectivity index (χ1n) is 7.85. The number of hydrogen-bond donors (Lipinski definition) is 2. The minimum Gasteiger partial charge on any atom is -0.493 e. The molecule has 0 radical (unpaired) electrons. The first-order chi connectivity index (χ1) is 10.3. The van der Waals surface area contributed by atoms with Gasteiger partial charge in [-0.05, 0) is 49.6 Å². The zero-order valence-corrected chi connectivity index (χ0v) is 12.8. The minimum atomic E-state index is 0.670. The Kier molecular flexibility index (Phi) is 4.25. The zero-order valence-electron chi connectivity index (χ0n) is 12.8. The first-order valence-corrected chi connectivity index (χ1v) is 7.85. The second-order valence-corrected chi connectivity index (χ2v) is 5.39. The number of nitrogens with zero attached hydrogens (tertiary/aromatic N) is 1. The molecule has 4 heteroatoms. The summed E-state index contributed by atoms with van der Waals surface area (Å²) in [6.07, 6.45) is 4.27. The van der Waals surface area contributed by atoms with Crippen molar-refractivity contribution in [2.45, 2.75) is 33.2 Å². The fraction of sp³-hybridized carbons (Fsp3) is 0.471. The molecule has 4 nitrogen and oxygen atoms in total. The van der Waals surface area contributed by atoms with E-state index in [0.717, 1.165) is 42.7 Å². The average Bonchev–Trinajstić information content (AvgIpc) is 2.52. The van der Waals surface area contributed by atoms with Crippen molar-refractivity contribution in [1.29, 1.82) is 0 Å². The minimum absolute atomic E-state index is 0.670. The van der Waals surface area contributed by atoms with Crippen LogP contribution in [0.1, 0.15) is 31.4 Å². The standard InChI is InChI=1S/C17H23N3O/c1-3-18-10-12-8-14-16(15(9-12)21-4-2)17-13(11-20-14)6-5-7-19-17/h8-9,11,18-19H,3-7,10H2,1-2H3. The van der Waals surface area contributed by atoms with E-state index < -0.39 is 0 Å². The van der Waals surface area contributed by atoms with E-state index in [4.69, 9.17) is 4.74 Å². The van der Waals surface area contributed by atoms with Crippen LogP contribution in [0.2, 0.25) is 0 Å². The first kappa shape index (κ1) is 14.1. The summed E-state index contributed by atoms with van der Waals surface area (Å²) in [5.41, 5.74) is 4.75. The molecule has 1 aromatic carbocycles. The van der Waals surface area contributed by atoms with Crippen LogP contribution in [0.4, 0.5) is 5.69 Å². The van der Waals surface area contributed by atoms with Crippen LogP contribution in [-0.2, 0) is 13.0 Å². The lowest BCUT2D eigenvalue weighted by Crippen LogP contribution is -2.14. The SMILES string of the molecule is CCNCc1cc(OCC)c2c3c(cnc2c1)CCCN3. The van der Waals surface area contributed by atoms with Crippen LogP contribution in [-0.4, -0.2) is 24.7 Å². The van der Waals surface area contributed by atoms with Gasteiger partial charge in [-0.1, -0.05) is 6.92 Å². The molecule has 2 N–H and O–H groups in total. The molecular formula is C17H23N3O. The Morgan fingerprint density at radius 1 is 1.33 bits per heavy atom. The van der Waals surface area contributed by atoms with Gasteiger partial charge in [0.15, 0.2) is 0 Å². The molecule has 0 saturated heterocycles. The summed E-state index contributed by atoms with van der Waals surface area (Å²) < 4.78 is 5.90. The van der Waals surface area contributed by atoms with Gasteiger partial charge in [0.05, 0.1) is 23.2 Å². The van der Waals surface area contributed by atoms with Crippen molar-refractivity contribution in [3.8, 4) is 5.75 Å². The van der Waals surface area contributed by atoms with Gasteiger partial charge < -0.3 is 15.4 Å². The zero-order chi connectivity index (χ0) is 14.7. The van der Waals surface area contributed by atoms with Crippen LogP contribution in [0.15, 0.2) is 18.3 Å². The molecule has 3 rings (SSSR count). The van der Waals surface area contributed by atoms with Gasteiger partial charge in [0.1, 0.15) is 5.75 Å². The summed E-state index contributed by atoms with van der Waals surface area (Å²) in [5, 5.41) is 8.03. The molecule has 0 fully saturated rings. The normalized spacial score (nSPS) is 13.8. The van der Waals surface area contributed by atoms with Gasteiger partial charge in [0, 0.05) is 19.3 Å². The van der Waals surface area contributed by atoms with Crippen molar-refractivity contribution < 1.29 is 4.74 Å². The lowest BCUT2D eigenvalue weighted by molar-refractivity contribution is 0.344. The van der Waals surface area contributed by atoms with E-state index in [1.54, 1.807) is 0 Å². The smallest absolute Gasteiger partial charge is 0.131 e. The van der Waals surface area contributed by atoms with E-state index in [-0.39, 0.29) is 0 Å². The Bertz CT molecular complexity index is 639. The topological polar surface area (TPSA) is 46.2 Å². The van der Waals surface area contributed by atoms with E-state index in [2.05, 4.69) is 34.7 Å². The van der Waals surface area contributed by atoms with Crippen molar-refractivity contribution in [3.05, 3.63) is 29.5 Å². The van der Waals surface area contributed by atoms with E-state index in [1.807, 2.05) is 13.1 Å². The summed E-state index contributed by atoms with van der Waals surface area (Å²) in [7, 11) is 0. The quantitative estimate of drug-likeness (QED) is 0.886. The Hall–Kier alpha value is -1.81. The molecule has 0 atom stereocenters. The van der Waals surface area contributed by atoms with Crippen LogP contribution in [0.3, 0.4) is 0 Å². The number of aromatic nitrogens is 1. The number of benzene rings is 1. The molecule has 1 aliphatic heterocycles. The molecule has 0 spiro atoms. The maximum atomic E-state index is 5.90. The second kappa shape index (κ2) is 6.31. The molecule has 2 aromatic rings. The molecule has 21 heavy (non-hydrogen) atoms. The average molecular weight is 285 g/mol. The van der Waals surface area contributed by atoms with Gasteiger partial charge >= 0.3 is 0 Å². The lowest BCUT2D eigenvalue weighted by atomic mass is 10.00. The highest BCUT2D eigenvalue weighted by Crippen LogP contribution is 2.37. The third-order valence-electron chi connectivity index (χ3n) is 3.88. The Morgan fingerprint density at radius 2 is 2.24 bits per heavy atom. The summed E-state index contributed by atoms with van der Waals surface area (Å²) >= 11 is 0. The molecule has 0 bridgehead atoms. The van der Waals surface area contributed by atoms with E-state index in [1.165, 1.54) is 23.2 Å². The number of ether oxygens (including phenoxy) is 1. The van der Waals surface area contributed by atoms with Crippen molar-refractivity contribution in [3.63, 3.8) is 0 Å². The molecule has 0 unspecified atom stereocenters. The van der Waals surface area contributed by atoms with Crippen LogP contribution in [0, 0.1) is 0 Å². The Labute approximate surface area is 125 Å². The molecule has 1 aliphatic rings. The lowest BCUT2D eigenvalue weighted by Gasteiger charge is -2.21. The fourth-order valence-electron chi connectivity index (χ4n) is 2.91. The van der Waals surface area contributed by atoms with Gasteiger partial charge in [0.2, 0.25) is 0 Å². The highest BCUT2D eigenvalue weighted by Gasteiger charge is 2.17. The van der Waals surface area contributed by atoms with Gasteiger partial charge in [-0.25, -0.2) is 0 Å². The summed E-state index contributed by atoms with van der Waals surface area (Å²) in [6.45, 7) is 7.64. The van der Waals surface area contributed by atoms with Gasteiger partial charge in [-0.3, -0.25) is 4.98 Å². The predicted molar refractivity (Wildman–Crippen MR) is 87.1 cm³/mol. The highest BCUT2D eigenvalue weighted by molar-refractivity contribution is 5.98. The third-order valence-corrected chi connectivity index (χ3v) is 3.88. The maximum Gasteiger partial charge on any atom is 0.131 e. The molecule has 1 aromatic heterocycles. The Balaban J connectivity index is 2.13. The summed E-state index contributed by atoms with van der Waals surface area (Å²) in [4.78, 5) is 4.66. The maximum absolute atomic E-state index is 5.90. The predicted octanol–water partition coefficient (Wildman–Crippen LogP) is 3.10. The molecule has 0 amide bonds. The van der Waals surface area contributed by atoms with Crippen LogP contribution in [0.5, 0.6) is 5.75 Å². The van der Waals surface area contributed by atoms with E-state index in [9.17, 15) is 0 Å². The molecule has 2 heterocycles. The third kappa shape index (κ3) is 2.81. The van der Waals surface area contributed by atoms with Crippen molar-refractivity contribution >= 4 is 16.6 Å². The molecule has 112 valence electrons. The summed E-state index contributed by atoms with van der Waals surface area (Å²) in [6, 6.07) is 4.31. The Morgan fingerprint density at radius 3 is 3.05 bits per heavy atom. The largest absolute Gasteiger partial charge is 0.493 e. The monoisotopic (exact) mass is 285 g/mol. The van der Waals surface area contributed by atoms with Crippen molar-refractivity contribution in [2.75, 3.05) is 25.0 Å². The number of rotatable bonds is 5. The van der Waals surface area contributed by atoms with Gasteiger partial charge in [-0.2, -0.15) is 0 Å². The molecule has 0 aliphatic carbocycles. The van der Waals surface area contributed by atoms with Crippen molar-refractivity contribution in [2.24, 2.45) is 0 Å². The van der Waals surface area contributed by atoms with Crippen LogP contribution < -0.4 is 15.4 Å². The number of aryl methyl sites for hydroxylation is 1. The highest BCUT2D eigenvalue weighted by atomic mass is 16.5. The van der Waals surface area contributed by atoms with Gasteiger partial charge in [-0.15, -0.1) is 0 Å². The van der Waals surface area contributed by atoms with E-state index >= 15 is 0 Å². The number of nitrogens with one attached hydrogen (secondary N) is 2. The van der Waals surface area contributed by atoms with Crippen LogP contribution >= 0.6 is 0 Å². The van der Waals surface area contributed by atoms with Crippen molar-refractivity contribution in [1.82, 2.24) is 10.3 Å².